The van der Waals surface area contributed by atoms with Crippen molar-refractivity contribution in [1.29, 1.82) is 0 Å². The predicted molar refractivity (Wildman–Crippen MR) is 134 cm³/mol. The number of nitrogens with zero attached hydrogens (tertiary/aromatic N) is 2. The van der Waals surface area contributed by atoms with Crippen molar-refractivity contribution >= 4 is 29.5 Å². The van der Waals surface area contributed by atoms with Crippen molar-refractivity contribution < 1.29 is 14.3 Å². The number of hydrogen-bond acceptors (Lipinski definition) is 6. The Balaban J connectivity index is 1.85. The number of fused-ring (bicyclic) bond motifs is 1. The van der Waals surface area contributed by atoms with Gasteiger partial charge in [-0.15, -0.1) is 0 Å². The van der Waals surface area contributed by atoms with Crippen molar-refractivity contribution in [2.24, 2.45) is 4.99 Å². The van der Waals surface area contributed by atoms with Crippen LogP contribution in [-0.2, 0) is 9.53 Å². The second kappa shape index (κ2) is 10.1. The number of carbonyl (C=O) groups excluding carboxylic acids is 1. The molecule has 0 bridgehead atoms. The third-order valence-corrected chi connectivity index (χ3v) is 6.35. The Morgan fingerprint density at radius 2 is 1.82 bits per heavy atom. The van der Waals surface area contributed by atoms with Gasteiger partial charge in [0.15, 0.2) is 4.80 Å². The molecule has 174 valence electrons. The standard InChI is InChI=1S/C27H26N2O4S/c1-17(2)33-26(31)23-18(3)28-27-29(24(23)20-13-15-21(32-4)16-14-20)25(30)22(34-27)12-8-11-19-9-6-5-7-10-19/h5-17,24H,1-4H3/b11-8+,22-12-/t24-/m0/s1. The highest BCUT2D eigenvalue weighted by atomic mass is 32.1. The van der Waals surface area contributed by atoms with Crippen LogP contribution in [0.1, 0.15) is 37.9 Å². The minimum atomic E-state index is -0.645. The Hall–Kier alpha value is -3.71. The molecule has 2 aromatic carbocycles. The maximum atomic E-state index is 13.5. The molecule has 4 rings (SSSR count). The maximum Gasteiger partial charge on any atom is 0.338 e. The largest absolute Gasteiger partial charge is 0.497 e. The quantitative estimate of drug-likeness (QED) is 0.509. The van der Waals surface area contributed by atoms with Gasteiger partial charge in [0.1, 0.15) is 5.75 Å². The maximum absolute atomic E-state index is 13.5. The van der Waals surface area contributed by atoms with E-state index in [4.69, 9.17) is 9.47 Å². The summed E-state index contributed by atoms with van der Waals surface area (Å²) in [5.74, 6) is 0.213. The Labute approximate surface area is 201 Å². The highest BCUT2D eigenvalue weighted by Gasteiger charge is 2.33. The van der Waals surface area contributed by atoms with Crippen LogP contribution in [-0.4, -0.2) is 23.8 Å². The summed E-state index contributed by atoms with van der Waals surface area (Å²) in [4.78, 5) is 31.7. The van der Waals surface area contributed by atoms with Gasteiger partial charge in [-0.1, -0.05) is 66.0 Å². The zero-order valence-corrected chi connectivity index (χ0v) is 20.3. The van der Waals surface area contributed by atoms with E-state index in [0.717, 1.165) is 11.1 Å². The predicted octanol–water partition coefficient (Wildman–Crippen LogP) is 3.86. The lowest BCUT2D eigenvalue weighted by Gasteiger charge is -2.25. The smallest absolute Gasteiger partial charge is 0.338 e. The van der Waals surface area contributed by atoms with Gasteiger partial charge < -0.3 is 9.47 Å². The Morgan fingerprint density at radius 3 is 2.47 bits per heavy atom. The number of rotatable bonds is 6. The highest BCUT2D eigenvalue weighted by molar-refractivity contribution is 7.07. The average molecular weight is 475 g/mol. The minimum absolute atomic E-state index is 0.204. The number of methoxy groups -OCH3 is 1. The van der Waals surface area contributed by atoms with Gasteiger partial charge in [0.2, 0.25) is 0 Å². The van der Waals surface area contributed by atoms with E-state index >= 15 is 0 Å². The first-order valence-corrected chi connectivity index (χ1v) is 11.8. The normalized spacial score (nSPS) is 16.0. The van der Waals surface area contributed by atoms with E-state index in [1.165, 1.54) is 11.3 Å². The minimum Gasteiger partial charge on any atom is -0.497 e. The molecule has 6 nitrogen and oxygen atoms in total. The molecule has 0 amide bonds. The van der Waals surface area contributed by atoms with E-state index in [1.54, 1.807) is 38.5 Å². The summed E-state index contributed by atoms with van der Waals surface area (Å²) in [6.45, 7) is 5.37. The van der Waals surface area contributed by atoms with Crippen LogP contribution in [0.3, 0.4) is 0 Å². The van der Waals surface area contributed by atoms with Crippen LogP contribution in [0.5, 0.6) is 5.75 Å². The Bertz CT molecular complexity index is 1430. The number of esters is 1. The first kappa shape index (κ1) is 23.4. The fourth-order valence-corrected chi connectivity index (χ4v) is 4.78. The van der Waals surface area contributed by atoms with Crippen molar-refractivity contribution in [2.45, 2.75) is 32.9 Å². The van der Waals surface area contributed by atoms with Gasteiger partial charge in [-0.05, 0) is 50.1 Å². The van der Waals surface area contributed by atoms with Gasteiger partial charge in [0, 0.05) is 0 Å². The van der Waals surface area contributed by atoms with Crippen molar-refractivity contribution in [3.05, 3.63) is 103 Å². The molecular weight excluding hydrogens is 448 g/mol. The fourth-order valence-electron chi connectivity index (χ4n) is 3.79. The van der Waals surface area contributed by atoms with E-state index < -0.39 is 12.0 Å². The van der Waals surface area contributed by atoms with Crippen LogP contribution in [0.25, 0.3) is 12.2 Å². The van der Waals surface area contributed by atoms with Gasteiger partial charge in [-0.25, -0.2) is 9.79 Å². The van der Waals surface area contributed by atoms with Crippen molar-refractivity contribution in [2.75, 3.05) is 7.11 Å². The Kier molecular flexibility index (Phi) is 6.93. The van der Waals surface area contributed by atoms with E-state index in [0.29, 0.717) is 26.4 Å². The van der Waals surface area contributed by atoms with Gasteiger partial charge in [-0.3, -0.25) is 9.36 Å². The number of carbonyl (C=O) groups is 1. The summed E-state index contributed by atoms with van der Waals surface area (Å²) >= 11 is 1.30. The molecule has 0 saturated heterocycles. The molecule has 0 fully saturated rings. The molecule has 7 heteroatoms. The summed E-state index contributed by atoms with van der Waals surface area (Å²) in [5, 5.41) is 0. The van der Waals surface area contributed by atoms with Crippen molar-refractivity contribution in [3.8, 4) is 5.75 Å². The van der Waals surface area contributed by atoms with Crippen LogP contribution in [0.2, 0.25) is 0 Å². The molecule has 1 aromatic heterocycles. The lowest BCUT2D eigenvalue weighted by molar-refractivity contribution is -0.143. The first-order chi connectivity index (χ1) is 16.4. The van der Waals surface area contributed by atoms with Crippen molar-refractivity contribution in [3.63, 3.8) is 0 Å². The molecule has 34 heavy (non-hydrogen) atoms. The molecule has 1 aliphatic heterocycles. The topological polar surface area (TPSA) is 69.9 Å². The van der Waals surface area contributed by atoms with Crippen LogP contribution >= 0.6 is 11.3 Å². The fraction of sp³-hybridized carbons (Fsp3) is 0.222. The summed E-state index contributed by atoms with van der Waals surface area (Å²) in [6.07, 6.45) is 5.28. The average Bonchev–Trinajstić information content (AvgIpc) is 3.13. The van der Waals surface area contributed by atoms with Crippen LogP contribution in [0.15, 0.2) is 81.7 Å². The molecule has 0 saturated carbocycles. The molecule has 0 N–H and O–H groups in total. The van der Waals surface area contributed by atoms with E-state index in [-0.39, 0.29) is 11.7 Å². The zero-order valence-electron chi connectivity index (χ0n) is 19.5. The Morgan fingerprint density at radius 1 is 1.12 bits per heavy atom. The van der Waals surface area contributed by atoms with Crippen LogP contribution < -0.4 is 19.6 Å². The molecule has 2 heterocycles. The first-order valence-electron chi connectivity index (χ1n) is 11.0. The molecule has 0 spiro atoms. The van der Waals surface area contributed by atoms with Gasteiger partial charge in [0.25, 0.3) is 5.56 Å². The van der Waals surface area contributed by atoms with E-state index in [2.05, 4.69) is 4.99 Å². The zero-order chi connectivity index (χ0) is 24.2. The van der Waals surface area contributed by atoms with Crippen molar-refractivity contribution in [1.82, 2.24) is 4.57 Å². The molecule has 3 aromatic rings. The second-order valence-electron chi connectivity index (χ2n) is 8.10. The van der Waals surface area contributed by atoms with Gasteiger partial charge >= 0.3 is 5.97 Å². The lowest BCUT2D eigenvalue weighted by Crippen LogP contribution is -2.40. The summed E-state index contributed by atoms with van der Waals surface area (Å²) < 4.78 is 12.9. The number of allylic oxidation sites excluding steroid dienone is 2. The molecule has 1 atom stereocenters. The molecule has 1 aliphatic rings. The van der Waals surface area contributed by atoms with Crippen LogP contribution in [0.4, 0.5) is 0 Å². The van der Waals surface area contributed by atoms with E-state index in [9.17, 15) is 9.59 Å². The molecule has 0 unspecified atom stereocenters. The molecule has 0 aliphatic carbocycles. The van der Waals surface area contributed by atoms with E-state index in [1.807, 2.05) is 66.7 Å². The van der Waals surface area contributed by atoms with Crippen LogP contribution in [0, 0.1) is 0 Å². The lowest BCUT2D eigenvalue weighted by atomic mass is 9.96. The summed E-state index contributed by atoms with van der Waals surface area (Å²) in [5.41, 5.74) is 2.51. The highest BCUT2D eigenvalue weighted by Crippen LogP contribution is 2.31. The van der Waals surface area contributed by atoms with Gasteiger partial charge in [0.05, 0.1) is 35.1 Å². The molecular formula is C27H26N2O4S. The third kappa shape index (κ3) is 4.79. The SMILES string of the molecule is COc1ccc([C@H]2C(C(=O)OC(C)C)=C(C)N=c3s/c(=C\C=C\c4ccccc4)c(=O)n32)cc1. The third-order valence-electron chi connectivity index (χ3n) is 5.35. The monoisotopic (exact) mass is 474 g/mol. The van der Waals surface area contributed by atoms with Gasteiger partial charge in [-0.2, -0.15) is 0 Å². The summed E-state index contributed by atoms with van der Waals surface area (Å²) in [6, 6.07) is 16.6. The molecule has 0 radical (unpaired) electrons. The summed E-state index contributed by atoms with van der Waals surface area (Å²) in [7, 11) is 1.59. The number of aromatic nitrogens is 1. The number of thiazole rings is 1. The number of benzene rings is 2. The number of hydrogen-bond donors (Lipinski definition) is 0. The number of ether oxygens (including phenoxy) is 2. The second-order valence-corrected chi connectivity index (χ2v) is 9.11.